The standard InChI is InChI=1S/C21H42O2S.C3H6O2/c1-3-4-5-6-7-8-9-10-11-12-13-14-15-16-17-18-19-24-20(2)21(22)23;1-2-3(4)5/h20H,3-19H2,1-2H3,(H,22,23);2H2,1H3,(H,4,5). The molecule has 0 spiro atoms. The molecule has 0 fully saturated rings. The van der Waals surface area contributed by atoms with E-state index in [1.165, 1.54) is 103 Å². The van der Waals surface area contributed by atoms with E-state index in [2.05, 4.69) is 6.92 Å². The van der Waals surface area contributed by atoms with Crippen molar-refractivity contribution in [3.8, 4) is 0 Å². The van der Waals surface area contributed by atoms with E-state index in [4.69, 9.17) is 10.2 Å². The highest BCUT2D eigenvalue weighted by atomic mass is 32.2. The first-order chi connectivity index (χ1) is 14.0. The lowest BCUT2D eigenvalue weighted by Crippen LogP contribution is -2.11. The minimum atomic E-state index is -0.745. The van der Waals surface area contributed by atoms with E-state index in [1.807, 2.05) is 0 Å². The number of rotatable bonds is 20. The van der Waals surface area contributed by atoms with Gasteiger partial charge in [-0.2, -0.15) is 0 Å². The van der Waals surface area contributed by atoms with Gasteiger partial charge in [-0.1, -0.05) is 110 Å². The monoisotopic (exact) mass is 432 g/mol. The number of carboxylic acids is 2. The molecule has 4 nitrogen and oxygen atoms in total. The average molecular weight is 433 g/mol. The maximum Gasteiger partial charge on any atom is 0.316 e. The van der Waals surface area contributed by atoms with Crippen molar-refractivity contribution in [3.05, 3.63) is 0 Å². The summed E-state index contributed by atoms with van der Waals surface area (Å²) in [6, 6.07) is 0. The summed E-state index contributed by atoms with van der Waals surface area (Å²) in [5, 5.41) is 16.3. The van der Waals surface area contributed by atoms with Crippen molar-refractivity contribution >= 4 is 23.7 Å². The molecule has 29 heavy (non-hydrogen) atoms. The highest BCUT2D eigenvalue weighted by molar-refractivity contribution is 8.00. The van der Waals surface area contributed by atoms with Crippen molar-refractivity contribution < 1.29 is 19.8 Å². The molecule has 1 atom stereocenters. The molecule has 0 aromatic rings. The minimum absolute atomic E-state index is 0.222. The van der Waals surface area contributed by atoms with Gasteiger partial charge in [-0.3, -0.25) is 9.59 Å². The van der Waals surface area contributed by atoms with Crippen molar-refractivity contribution in [2.45, 2.75) is 135 Å². The predicted molar refractivity (Wildman–Crippen MR) is 127 cm³/mol. The molecule has 0 aromatic carbocycles. The molecule has 0 heterocycles. The van der Waals surface area contributed by atoms with Crippen LogP contribution in [0, 0.1) is 0 Å². The van der Waals surface area contributed by atoms with Gasteiger partial charge < -0.3 is 10.2 Å². The van der Waals surface area contributed by atoms with Crippen LogP contribution >= 0.6 is 11.8 Å². The predicted octanol–water partition coefficient (Wildman–Crippen LogP) is 7.94. The Morgan fingerprint density at radius 3 is 1.24 bits per heavy atom. The van der Waals surface area contributed by atoms with Crippen LogP contribution in [-0.4, -0.2) is 33.2 Å². The van der Waals surface area contributed by atoms with Crippen LogP contribution in [0.1, 0.15) is 130 Å². The van der Waals surface area contributed by atoms with Crippen molar-refractivity contribution in [1.29, 1.82) is 0 Å². The molecule has 2 N–H and O–H groups in total. The molecule has 0 rings (SSSR count). The van der Waals surface area contributed by atoms with E-state index in [0.717, 1.165) is 5.75 Å². The first-order valence-electron chi connectivity index (χ1n) is 12.0. The minimum Gasteiger partial charge on any atom is -0.481 e. The van der Waals surface area contributed by atoms with E-state index in [9.17, 15) is 9.59 Å². The smallest absolute Gasteiger partial charge is 0.316 e. The first kappa shape index (κ1) is 30.5. The van der Waals surface area contributed by atoms with E-state index >= 15 is 0 Å². The molecule has 0 radical (unpaired) electrons. The molecule has 0 saturated heterocycles. The summed E-state index contributed by atoms with van der Waals surface area (Å²) >= 11 is 1.57. The normalized spacial score (nSPS) is 11.6. The Balaban J connectivity index is 0. The second kappa shape index (κ2) is 25.3. The van der Waals surface area contributed by atoms with E-state index in [-0.39, 0.29) is 11.7 Å². The van der Waals surface area contributed by atoms with Crippen molar-refractivity contribution in [3.63, 3.8) is 0 Å². The maximum atomic E-state index is 10.7. The molecular weight excluding hydrogens is 384 g/mol. The van der Waals surface area contributed by atoms with E-state index < -0.39 is 11.9 Å². The first-order valence-corrected chi connectivity index (χ1v) is 13.1. The highest BCUT2D eigenvalue weighted by Crippen LogP contribution is 2.16. The molecule has 174 valence electrons. The summed E-state index contributed by atoms with van der Waals surface area (Å²) in [5.41, 5.74) is 0. The number of hydrogen-bond acceptors (Lipinski definition) is 3. The van der Waals surface area contributed by atoms with Gasteiger partial charge in [-0.25, -0.2) is 0 Å². The van der Waals surface area contributed by atoms with Crippen LogP contribution in [0.5, 0.6) is 0 Å². The lowest BCUT2D eigenvalue weighted by molar-refractivity contribution is -0.137. The summed E-state index contributed by atoms with van der Waals surface area (Å²) in [7, 11) is 0. The summed E-state index contributed by atoms with van der Waals surface area (Å²) in [5.74, 6) is -0.437. The van der Waals surface area contributed by atoms with Gasteiger partial charge in [0.05, 0.1) is 5.25 Å². The third kappa shape index (κ3) is 29.6. The average Bonchev–Trinajstić information content (AvgIpc) is 2.70. The summed E-state index contributed by atoms with van der Waals surface area (Å²) < 4.78 is 0. The molecule has 0 aromatic heterocycles. The molecule has 0 saturated carbocycles. The van der Waals surface area contributed by atoms with Crippen LogP contribution in [0.25, 0.3) is 0 Å². The van der Waals surface area contributed by atoms with Gasteiger partial charge in [0.1, 0.15) is 0 Å². The fourth-order valence-corrected chi connectivity index (χ4v) is 3.85. The maximum absolute atomic E-state index is 10.7. The lowest BCUT2D eigenvalue weighted by Gasteiger charge is -2.06. The molecule has 0 aliphatic carbocycles. The van der Waals surface area contributed by atoms with Crippen LogP contribution in [-0.2, 0) is 9.59 Å². The zero-order valence-corrected chi connectivity index (χ0v) is 20.2. The lowest BCUT2D eigenvalue weighted by atomic mass is 10.0. The third-order valence-electron chi connectivity index (χ3n) is 5.02. The van der Waals surface area contributed by atoms with Gasteiger partial charge >= 0.3 is 11.9 Å². The number of carboxylic acid groups (broad SMARTS) is 2. The van der Waals surface area contributed by atoms with E-state index in [1.54, 1.807) is 25.6 Å². The zero-order chi connectivity index (χ0) is 22.2. The Morgan fingerprint density at radius 2 is 0.966 bits per heavy atom. The molecular formula is C24H48O4S. The van der Waals surface area contributed by atoms with Crippen LogP contribution < -0.4 is 0 Å². The second-order valence-corrected chi connectivity index (χ2v) is 9.35. The summed E-state index contributed by atoms with van der Waals surface area (Å²) in [6.45, 7) is 5.66. The SMILES string of the molecule is CCC(=O)O.CCCCCCCCCCCCCCCCCCSC(C)C(=O)O. The number of carbonyl (C=O) groups is 2. The molecule has 0 amide bonds. The van der Waals surface area contributed by atoms with Crippen LogP contribution in [0.3, 0.4) is 0 Å². The van der Waals surface area contributed by atoms with Gasteiger partial charge in [0.15, 0.2) is 0 Å². The number of hydrogen-bond donors (Lipinski definition) is 2. The summed E-state index contributed by atoms with van der Waals surface area (Å²) in [6.07, 6.45) is 22.4. The molecule has 0 bridgehead atoms. The van der Waals surface area contributed by atoms with E-state index in [0.29, 0.717) is 0 Å². The topological polar surface area (TPSA) is 74.6 Å². The van der Waals surface area contributed by atoms with Gasteiger partial charge in [-0.15, -0.1) is 11.8 Å². The Kier molecular flexibility index (Phi) is 26.6. The van der Waals surface area contributed by atoms with Crippen LogP contribution in [0.2, 0.25) is 0 Å². The van der Waals surface area contributed by atoms with Crippen molar-refractivity contribution in [2.75, 3.05) is 5.75 Å². The number of aliphatic carboxylic acids is 2. The Hall–Kier alpha value is -0.710. The highest BCUT2D eigenvalue weighted by Gasteiger charge is 2.09. The Morgan fingerprint density at radius 1 is 0.655 bits per heavy atom. The van der Waals surface area contributed by atoms with Gasteiger partial charge in [0, 0.05) is 6.42 Å². The zero-order valence-electron chi connectivity index (χ0n) is 19.4. The Labute approximate surface area is 184 Å². The molecule has 1 unspecified atom stereocenters. The number of unbranched alkanes of at least 4 members (excludes halogenated alkanes) is 15. The largest absolute Gasteiger partial charge is 0.481 e. The number of thioether (sulfide) groups is 1. The van der Waals surface area contributed by atoms with Gasteiger partial charge in [0.2, 0.25) is 0 Å². The van der Waals surface area contributed by atoms with Crippen molar-refractivity contribution in [2.24, 2.45) is 0 Å². The fourth-order valence-electron chi connectivity index (χ4n) is 2.98. The van der Waals surface area contributed by atoms with Crippen LogP contribution in [0.4, 0.5) is 0 Å². The van der Waals surface area contributed by atoms with Gasteiger partial charge in [0.25, 0.3) is 0 Å². The van der Waals surface area contributed by atoms with Gasteiger partial charge in [-0.05, 0) is 19.1 Å². The fraction of sp³-hybridized carbons (Fsp3) is 0.917. The quantitative estimate of drug-likeness (QED) is 0.191. The van der Waals surface area contributed by atoms with Crippen LogP contribution in [0.15, 0.2) is 0 Å². The Bertz CT molecular complexity index is 361. The second-order valence-electron chi connectivity index (χ2n) is 7.90. The molecule has 0 aliphatic rings. The molecule has 5 heteroatoms. The molecule has 0 aliphatic heterocycles. The third-order valence-corrected chi connectivity index (χ3v) is 6.24. The summed E-state index contributed by atoms with van der Waals surface area (Å²) in [4.78, 5) is 20.0. The van der Waals surface area contributed by atoms with Crippen molar-refractivity contribution in [1.82, 2.24) is 0 Å².